The van der Waals surface area contributed by atoms with Gasteiger partial charge >= 0.3 is 0 Å². The van der Waals surface area contributed by atoms with E-state index in [0.29, 0.717) is 5.92 Å². The van der Waals surface area contributed by atoms with Crippen LogP contribution in [-0.4, -0.2) is 4.98 Å². The van der Waals surface area contributed by atoms with Gasteiger partial charge in [-0.15, -0.1) is 22.7 Å². The van der Waals surface area contributed by atoms with Gasteiger partial charge in [-0.1, -0.05) is 12.1 Å². The van der Waals surface area contributed by atoms with Gasteiger partial charge in [0, 0.05) is 37.2 Å². The van der Waals surface area contributed by atoms with Crippen LogP contribution in [0.2, 0.25) is 0 Å². The van der Waals surface area contributed by atoms with Crippen molar-refractivity contribution in [2.75, 3.05) is 0 Å². The van der Waals surface area contributed by atoms with Gasteiger partial charge in [0.25, 0.3) is 0 Å². The largest absolute Gasteiger partial charge is 0.382 e. The zero-order valence-electron chi connectivity index (χ0n) is 14.0. The minimum atomic E-state index is 0.266. The van der Waals surface area contributed by atoms with E-state index in [1.165, 1.54) is 41.9 Å². The number of fused-ring (bicyclic) bond motifs is 6. The first-order chi connectivity index (χ1) is 12.9. The zero-order valence-corrected chi connectivity index (χ0v) is 15.6. The molecule has 2 nitrogen and oxygen atoms in total. The Hall–Kier alpha value is -2.43. The van der Waals surface area contributed by atoms with Crippen molar-refractivity contribution >= 4 is 54.5 Å². The van der Waals surface area contributed by atoms with E-state index < -0.39 is 0 Å². The molecule has 0 spiro atoms. The lowest BCUT2D eigenvalue weighted by Gasteiger charge is -2.35. The average molecular weight is 373 g/mol. The van der Waals surface area contributed by atoms with Crippen molar-refractivity contribution in [1.29, 1.82) is 0 Å². The minimum absolute atomic E-state index is 0.266. The summed E-state index contributed by atoms with van der Waals surface area (Å²) < 4.78 is 2.74. The molecule has 4 aromatic rings. The third kappa shape index (κ3) is 2.06. The number of aromatic nitrogens is 1. The molecule has 0 saturated heterocycles. The Balaban J connectivity index is 1.58. The van der Waals surface area contributed by atoms with E-state index >= 15 is 0 Å². The van der Waals surface area contributed by atoms with Gasteiger partial charge in [-0.25, -0.2) is 0 Å². The molecule has 0 saturated carbocycles. The molecular formula is C22H16N2S2. The van der Waals surface area contributed by atoms with Crippen LogP contribution in [0.15, 0.2) is 60.3 Å². The molecule has 0 amide bonds. The first kappa shape index (κ1) is 14.7. The number of nitrogens with zero attached hydrogens (tertiary/aromatic N) is 1. The topological polar surface area (TPSA) is 24.9 Å². The highest BCUT2D eigenvalue weighted by atomic mass is 32.1. The summed E-state index contributed by atoms with van der Waals surface area (Å²) in [6.45, 7) is 0. The summed E-state index contributed by atoms with van der Waals surface area (Å²) in [7, 11) is 0. The average Bonchev–Trinajstić information content (AvgIpc) is 3.33. The Morgan fingerprint density at radius 1 is 1.08 bits per heavy atom. The number of hydrogen-bond acceptors (Lipinski definition) is 4. The number of thiophene rings is 2. The molecule has 4 heterocycles. The summed E-state index contributed by atoms with van der Waals surface area (Å²) in [5, 5.41) is 8.52. The summed E-state index contributed by atoms with van der Waals surface area (Å²) in [6.07, 6.45) is 9.65. The quantitative estimate of drug-likeness (QED) is 0.428. The molecule has 6 rings (SSSR count). The van der Waals surface area contributed by atoms with Gasteiger partial charge < -0.3 is 5.32 Å². The standard InChI is InChI=1S/C22H16N2S2/c1-3-13-11-16(15-4-2-9-24-22(15)21(13)23-8-1)20-12-17-14-7-10-25-18(14)5-6-19(17)26-20/h1-3,5-12,15,22,24H,4H2. The Labute approximate surface area is 159 Å². The number of benzene rings is 1. The van der Waals surface area contributed by atoms with Crippen LogP contribution < -0.4 is 5.32 Å². The van der Waals surface area contributed by atoms with Crippen LogP contribution in [0.1, 0.15) is 28.6 Å². The molecule has 2 unspecified atom stereocenters. The van der Waals surface area contributed by atoms with Crippen molar-refractivity contribution in [3.8, 4) is 0 Å². The molecule has 1 N–H and O–H groups in total. The Kier molecular flexibility index (Phi) is 3.13. The van der Waals surface area contributed by atoms with Gasteiger partial charge in [-0.2, -0.15) is 0 Å². The Morgan fingerprint density at radius 3 is 3.04 bits per heavy atom. The molecule has 2 atom stereocenters. The maximum Gasteiger partial charge on any atom is 0.0757 e. The molecule has 126 valence electrons. The van der Waals surface area contributed by atoms with Crippen molar-refractivity contribution in [3.63, 3.8) is 0 Å². The SMILES string of the molecule is C1=CNC2c3ncccc3C=C(c3cc4c(ccc5sccc54)s3)C2C1. The van der Waals surface area contributed by atoms with Gasteiger partial charge in [-0.05, 0) is 65.5 Å². The molecule has 3 aromatic heterocycles. The Morgan fingerprint density at radius 2 is 2.04 bits per heavy atom. The summed E-state index contributed by atoms with van der Waals surface area (Å²) >= 11 is 3.74. The third-order valence-electron chi connectivity index (χ3n) is 5.48. The van der Waals surface area contributed by atoms with Crippen molar-refractivity contribution in [1.82, 2.24) is 10.3 Å². The Bertz CT molecular complexity index is 1210. The highest BCUT2D eigenvalue weighted by Crippen LogP contribution is 2.47. The molecule has 1 aliphatic carbocycles. The lowest BCUT2D eigenvalue weighted by Crippen LogP contribution is -2.31. The van der Waals surface area contributed by atoms with E-state index in [-0.39, 0.29) is 6.04 Å². The van der Waals surface area contributed by atoms with Crippen LogP contribution >= 0.6 is 22.7 Å². The highest BCUT2D eigenvalue weighted by molar-refractivity contribution is 7.21. The first-order valence-corrected chi connectivity index (χ1v) is 10.6. The molecule has 4 heteroatoms. The number of nitrogens with one attached hydrogen (secondary N) is 1. The van der Waals surface area contributed by atoms with Gasteiger partial charge in [0.1, 0.15) is 0 Å². The van der Waals surface area contributed by atoms with Crippen LogP contribution in [0, 0.1) is 5.92 Å². The maximum absolute atomic E-state index is 4.67. The lowest BCUT2D eigenvalue weighted by molar-refractivity contribution is 0.448. The summed E-state index contributed by atoms with van der Waals surface area (Å²) in [5.41, 5.74) is 3.86. The zero-order chi connectivity index (χ0) is 17.1. The second kappa shape index (κ2) is 5.53. The molecular weight excluding hydrogens is 356 g/mol. The van der Waals surface area contributed by atoms with Crippen molar-refractivity contribution in [3.05, 3.63) is 76.4 Å². The van der Waals surface area contributed by atoms with Gasteiger partial charge in [0.15, 0.2) is 0 Å². The lowest BCUT2D eigenvalue weighted by atomic mass is 9.78. The van der Waals surface area contributed by atoms with Crippen molar-refractivity contribution < 1.29 is 0 Å². The fourth-order valence-corrected chi connectivity index (χ4v) is 6.22. The van der Waals surface area contributed by atoms with Gasteiger partial charge in [0.2, 0.25) is 0 Å². The smallest absolute Gasteiger partial charge is 0.0757 e. The fraction of sp³-hybridized carbons (Fsp3) is 0.136. The van der Waals surface area contributed by atoms with Crippen LogP contribution in [0.5, 0.6) is 0 Å². The monoisotopic (exact) mass is 372 g/mol. The summed E-state index contributed by atoms with van der Waals surface area (Å²) in [4.78, 5) is 6.06. The minimum Gasteiger partial charge on any atom is -0.382 e. The molecule has 0 fully saturated rings. The van der Waals surface area contributed by atoms with E-state index in [9.17, 15) is 0 Å². The summed E-state index contributed by atoms with van der Waals surface area (Å²) in [5.74, 6) is 0.438. The van der Waals surface area contributed by atoms with Gasteiger partial charge in [0.05, 0.1) is 11.7 Å². The predicted molar refractivity (Wildman–Crippen MR) is 112 cm³/mol. The van der Waals surface area contributed by atoms with E-state index in [0.717, 1.165) is 6.42 Å². The predicted octanol–water partition coefficient (Wildman–Crippen LogP) is 6.23. The van der Waals surface area contributed by atoms with E-state index in [4.69, 9.17) is 0 Å². The number of rotatable bonds is 1. The van der Waals surface area contributed by atoms with Crippen LogP contribution in [0.4, 0.5) is 0 Å². The molecule has 2 aliphatic rings. The van der Waals surface area contributed by atoms with Crippen molar-refractivity contribution in [2.45, 2.75) is 12.5 Å². The second-order valence-corrected chi connectivity index (χ2v) is 8.92. The molecule has 26 heavy (non-hydrogen) atoms. The summed E-state index contributed by atoms with van der Waals surface area (Å²) in [6, 6.07) is 13.7. The molecule has 0 radical (unpaired) electrons. The fourth-order valence-electron chi connectivity index (χ4n) is 4.26. The van der Waals surface area contributed by atoms with Crippen LogP contribution in [-0.2, 0) is 0 Å². The van der Waals surface area contributed by atoms with Crippen LogP contribution in [0.25, 0.3) is 31.8 Å². The second-order valence-electron chi connectivity index (χ2n) is 6.89. The van der Waals surface area contributed by atoms with Gasteiger partial charge in [-0.3, -0.25) is 4.98 Å². The van der Waals surface area contributed by atoms with E-state index in [1.807, 2.05) is 34.9 Å². The van der Waals surface area contributed by atoms with Crippen molar-refractivity contribution in [2.24, 2.45) is 5.92 Å². The molecule has 0 bridgehead atoms. The number of allylic oxidation sites excluding steroid dienone is 1. The van der Waals surface area contributed by atoms with E-state index in [1.54, 1.807) is 0 Å². The third-order valence-corrected chi connectivity index (χ3v) is 7.51. The molecule has 1 aliphatic heterocycles. The number of hydrogen-bond donors (Lipinski definition) is 1. The first-order valence-electron chi connectivity index (χ1n) is 8.86. The van der Waals surface area contributed by atoms with E-state index in [2.05, 4.69) is 64.4 Å². The maximum atomic E-state index is 4.67. The highest BCUT2D eigenvalue weighted by Gasteiger charge is 2.34. The normalized spacial score (nSPS) is 21.3. The number of pyridine rings is 1. The molecule has 1 aromatic carbocycles. The van der Waals surface area contributed by atoms with Crippen LogP contribution in [0.3, 0.4) is 0 Å².